The van der Waals surface area contributed by atoms with Crippen LogP contribution in [0.25, 0.3) is 11.0 Å². The summed E-state index contributed by atoms with van der Waals surface area (Å²) in [6.07, 6.45) is -1.25. The van der Waals surface area contributed by atoms with Crippen LogP contribution in [0.5, 0.6) is 0 Å². The predicted molar refractivity (Wildman–Crippen MR) is 126 cm³/mol. The molecule has 8 heteroatoms. The third kappa shape index (κ3) is 4.74. The van der Waals surface area contributed by atoms with E-state index < -0.39 is 6.09 Å². The number of amides is 2. The molecule has 166 valence electrons. The molecule has 0 spiro atoms. The lowest BCUT2D eigenvalue weighted by Crippen LogP contribution is -2.17. The van der Waals surface area contributed by atoms with Gasteiger partial charge in [0, 0.05) is 16.8 Å². The highest BCUT2D eigenvalue weighted by Crippen LogP contribution is 2.22. The summed E-state index contributed by atoms with van der Waals surface area (Å²) in [5.41, 5.74) is 3.62. The third-order valence-electron chi connectivity index (χ3n) is 5.20. The Morgan fingerprint density at radius 2 is 1.67 bits per heavy atom. The second kappa shape index (κ2) is 8.96. The SMILES string of the molecule is CC(C)c1cccc(NC(=O)c2ccccc2C(=O)c2ccc3nc(NC(=O)O)[nH]c3c2)c1. The van der Waals surface area contributed by atoms with Crippen LogP contribution in [0.2, 0.25) is 0 Å². The molecule has 0 radical (unpaired) electrons. The quantitative estimate of drug-likeness (QED) is 0.303. The number of anilines is 2. The molecule has 8 nitrogen and oxygen atoms in total. The monoisotopic (exact) mass is 442 g/mol. The van der Waals surface area contributed by atoms with Gasteiger partial charge in [0.2, 0.25) is 5.95 Å². The Labute approximate surface area is 189 Å². The standard InChI is InChI=1S/C25H22N4O4/c1-14(2)15-6-5-7-17(12-15)26-23(31)19-9-4-3-8-18(19)22(30)16-10-11-20-21(13-16)28-24(27-20)29-25(32)33/h3-14H,1-2H3,(H,26,31)(H,32,33)(H2,27,28,29). The number of carbonyl (C=O) groups is 3. The van der Waals surface area contributed by atoms with Crippen molar-refractivity contribution in [1.29, 1.82) is 0 Å². The number of carboxylic acid groups (broad SMARTS) is 1. The van der Waals surface area contributed by atoms with E-state index in [1.165, 1.54) is 0 Å². The van der Waals surface area contributed by atoms with Crippen LogP contribution in [0, 0.1) is 0 Å². The first-order valence-corrected chi connectivity index (χ1v) is 10.4. The number of imidazole rings is 1. The number of fused-ring (bicyclic) bond motifs is 1. The fourth-order valence-electron chi connectivity index (χ4n) is 3.52. The van der Waals surface area contributed by atoms with Crippen LogP contribution in [-0.2, 0) is 0 Å². The number of hydrogen-bond donors (Lipinski definition) is 4. The first-order valence-electron chi connectivity index (χ1n) is 10.4. The Bertz CT molecular complexity index is 1370. The average Bonchev–Trinajstić information content (AvgIpc) is 3.19. The van der Waals surface area contributed by atoms with Gasteiger partial charge in [-0.1, -0.05) is 44.2 Å². The Morgan fingerprint density at radius 3 is 2.39 bits per heavy atom. The van der Waals surface area contributed by atoms with E-state index in [0.29, 0.717) is 28.2 Å². The summed E-state index contributed by atoms with van der Waals surface area (Å²) in [5, 5.41) is 13.9. The van der Waals surface area contributed by atoms with Crippen molar-refractivity contribution >= 4 is 40.5 Å². The summed E-state index contributed by atoms with van der Waals surface area (Å²) >= 11 is 0. The highest BCUT2D eigenvalue weighted by molar-refractivity contribution is 6.18. The number of nitrogens with one attached hydrogen (secondary N) is 3. The van der Waals surface area contributed by atoms with E-state index in [1.54, 1.807) is 42.5 Å². The van der Waals surface area contributed by atoms with E-state index >= 15 is 0 Å². The molecular weight excluding hydrogens is 420 g/mol. The molecule has 0 saturated carbocycles. The lowest BCUT2D eigenvalue weighted by molar-refractivity contribution is 0.0996. The van der Waals surface area contributed by atoms with Crippen molar-refractivity contribution < 1.29 is 19.5 Å². The highest BCUT2D eigenvalue weighted by atomic mass is 16.4. The maximum absolute atomic E-state index is 13.3. The molecule has 0 bridgehead atoms. The van der Waals surface area contributed by atoms with E-state index in [2.05, 4.69) is 34.4 Å². The van der Waals surface area contributed by atoms with Gasteiger partial charge in [-0.3, -0.25) is 14.9 Å². The molecule has 0 aliphatic rings. The molecule has 0 fully saturated rings. The van der Waals surface area contributed by atoms with Gasteiger partial charge in [0.05, 0.1) is 16.6 Å². The van der Waals surface area contributed by atoms with Crippen LogP contribution in [0.15, 0.2) is 66.7 Å². The summed E-state index contributed by atoms with van der Waals surface area (Å²) in [6.45, 7) is 4.15. The van der Waals surface area contributed by atoms with Gasteiger partial charge in [-0.15, -0.1) is 0 Å². The molecule has 4 N–H and O–H groups in total. The second-order valence-corrected chi connectivity index (χ2v) is 7.86. The molecule has 3 aromatic carbocycles. The summed E-state index contributed by atoms with van der Waals surface area (Å²) < 4.78 is 0. The first kappa shape index (κ1) is 21.8. The van der Waals surface area contributed by atoms with Crippen molar-refractivity contribution in [3.05, 3.63) is 89.0 Å². The maximum atomic E-state index is 13.3. The van der Waals surface area contributed by atoms with Crippen molar-refractivity contribution in [2.45, 2.75) is 19.8 Å². The largest absolute Gasteiger partial charge is 0.465 e. The minimum atomic E-state index is -1.25. The van der Waals surface area contributed by atoms with Gasteiger partial charge in [0.25, 0.3) is 5.91 Å². The predicted octanol–water partition coefficient (Wildman–Crippen LogP) is 5.26. The van der Waals surface area contributed by atoms with Gasteiger partial charge >= 0.3 is 6.09 Å². The lowest BCUT2D eigenvalue weighted by Gasteiger charge is -2.12. The Morgan fingerprint density at radius 1 is 0.909 bits per heavy atom. The first-order chi connectivity index (χ1) is 15.8. The fraction of sp³-hybridized carbons (Fsp3) is 0.120. The van der Waals surface area contributed by atoms with E-state index in [0.717, 1.165) is 5.56 Å². The number of H-pyrrole nitrogens is 1. The number of aromatic amines is 1. The van der Waals surface area contributed by atoms with Crippen LogP contribution >= 0.6 is 0 Å². The highest BCUT2D eigenvalue weighted by Gasteiger charge is 2.19. The zero-order valence-corrected chi connectivity index (χ0v) is 18.0. The molecule has 1 heterocycles. The summed E-state index contributed by atoms with van der Waals surface area (Å²) in [4.78, 5) is 44.1. The summed E-state index contributed by atoms with van der Waals surface area (Å²) in [7, 11) is 0. The van der Waals surface area contributed by atoms with Crippen LogP contribution < -0.4 is 10.6 Å². The van der Waals surface area contributed by atoms with Crippen LogP contribution in [0.1, 0.15) is 51.6 Å². The molecule has 0 unspecified atom stereocenters. The number of benzene rings is 3. The van der Waals surface area contributed by atoms with E-state index in [9.17, 15) is 14.4 Å². The molecule has 4 aromatic rings. The van der Waals surface area contributed by atoms with Crippen molar-refractivity contribution in [1.82, 2.24) is 9.97 Å². The molecule has 1 aromatic heterocycles. The zero-order valence-electron chi connectivity index (χ0n) is 18.0. The Hall–Kier alpha value is -4.46. The van der Waals surface area contributed by atoms with Gasteiger partial charge in [0.15, 0.2) is 5.78 Å². The third-order valence-corrected chi connectivity index (χ3v) is 5.20. The number of nitrogens with zero attached hydrogens (tertiary/aromatic N) is 1. The number of rotatable bonds is 6. The average molecular weight is 442 g/mol. The smallest absolute Gasteiger partial charge is 0.411 e. The summed E-state index contributed by atoms with van der Waals surface area (Å²) in [5.74, 6) is -0.332. The van der Waals surface area contributed by atoms with Gasteiger partial charge in [-0.25, -0.2) is 9.78 Å². The molecule has 0 aliphatic heterocycles. The van der Waals surface area contributed by atoms with E-state index in [-0.39, 0.29) is 28.8 Å². The molecule has 0 saturated heterocycles. The van der Waals surface area contributed by atoms with Gasteiger partial charge in [0.1, 0.15) is 0 Å². The Kier molecular flexibility index (Phi) is 5.91. The van der Waals surface area contributed by atoms with Crippen molar-refractivity contribution in [2.75, 3.05) is 10.6 Å². The normalized spacial score (nSPS) is 10.9. The van der Waals surface area contributed by atoms with Crippen LogP contribution in [0.3, 0.4) is 0 Å². The van der Waals surface area contributed by atoms with Crippen molar-refractivity contribution in [3.63, 3.8) is 0 Å². The molecular formula is C25H22N4O4. The van der Waals surface area contributed by atoms with Crippen LogP contribution in [-0.4, -0.2) is 32.9 Å². The minimum absolute atomic E-state index is 0.0607. The molecule has 2 amide bonds. The Balaban J connectivity index is 1.62. The van der Waals surface area contributed by atoms with Gasteiger partial charge in [-0.2, -0.15) is 0 Å². The number of carbonyl (C=O) groups excluding carboxylic acids is 2. The van der Waals surface area contributed by atoms with Crippen molar-refractivity contribution in [2.24, 2.45) is 0 Å². The van der Waals surface area contributed by atoms with Crippen molar-refractivity contribution in [3.8, 4) is 0 Å². The number of ketones is 1. The zero-order chi connectivity index (χ0) is 23.5. The topological polar surface area (TPSA) is 124 Å². The fourth-order valence-corrected chi connectivity index (χ4v) is 3.52. The molecule has 0 aliphatic carbocycles. The number of hydrogen-bond acceptors (Lipinski definition) is 4. The van der Waals surface area contributed by atoms with Crippen LogP contribution in [0.4, 0.5) is 16.4 Å². The van der Waals surface area contributed by atoms with Gasteiger partial charge in [-0.05, 0) is 47.9 Å². The number of aromatic nitrogens is 2. The van der Waals surface area contributed by atoms with Gasteiger partial charge < -0.3 is 15.4 Å². The minimum Gasteiger partial charge on any atom is -0.465 e. The maximum Gasteiger partial charge on any atom is 0.411 e. The lowest BCUT2D eigenvalue weighted by atomic mass is 9.97. The second-order valence-electron chi connectivity index (χ2n) is 7.86. The molecule has 0 atom stereocenters. The van der Waals surface area contributed by atoms with E-state index in [1.807, 2.05) is 24.3 Å². The summed E-state index contributed by atoms with van der Waals surface area (Å²) in [6, 6.07) is 19.0. The molecule has 4 rings (SSSR count). The van der Waals surface area contributed by atoms with E-state index in [4.69, 9.17) is 5.11 Å². The molecule has 33 heavy (non-hydrogen) atoms.